The fourth-order valence-corrected chi connectivity index (χ4v) is 9.42. The summed E-state index contributed by atoms with van der Waals surface area (Å²) in [6.07, 6.45) is 3.63. The van der Waals surface area contributed by atoms with Crippen LogP contribution in [0, 0.1) is 0 Å². The highest BCUT2D eigenvalue weighted by molar-refractivity contribution is 8.10. The van der Waals surface area contributed by atoms with Gasteiger partial charge in [-0.15, -0.1) is 0 Å². The second kappa shape index (κ2) is 12.5. The fourth-order valence-electron chi connectivity index (χ4n) is 4.78. The molecule has 0 unspecified atom stereocenters. The molecular formula is C29H28Cl2N4O4S2. The summed E-state index contributed by atoms with van der Waals surface area (Å²) in [7, 11) is -9.33. The van der Waals surface area contributed by atoms with Gasteiger partial charge < -0.3 is 0 Å². The minimum atomic E-state index is -4.66. The maximum absolute atomic E-state index is 14.0. The first kappa shape index (κ1) is 29.5. The monoisotopic (exact) mass is 630 g/mol. The third-order valence-electron chi connectivity index (χ3n) is 6.79. The first-order chi connectivity index (χ1) is 19.7. The summed E-state index contributed by atoms with van der Waals surface area (Å²) in [5, 5.41) is -0.181. The van der Waals surface area contributed by atoms with Gasteiger partial charge in [-0.3, -0.25) is 14.8 Å². The summed E-state index contributed by atoms with van der Waals surface area (Å²) in [5.74, 6) is 0. The third-order valence-corrected chi connectivity index (χ3v) is 12.0. The highest BCUT2D eigenvalue weighted by Crippen LogP contribution is 2.36. The van der Waals surface area contributed by atoms with Gasteiger partial charge in [0.2, 0.25) is 0 Å². The summed E-state index contributed by atoms with van der Waals surface area (Å²) >= 11 is 12.5. The van der Waals surface area contributed by atoms with E-state index in [1.54, 1.807) is 30.5 Å². The number of benzene rings is 3. The zero-order chi connectivity index (χ0) is 29.0. The number of rotatable bonds is 9. The van der Waals surface area contributed by atoms with E-state index in [9.17, 15) is 16.8 Å². The van der Waals surface area contributed by atoms with E-state index in [4.69, 9.17) is 23.2 Å². The van der Waals surface area contributed by atoms with Gasteiger partial charge in [-0.05, 0) is 53.6 Å². The Balaban J connectivity index is 1.44. The Hall–Kier alpha value is -2.99. The van der Waals surface area contributed by atoms with Gasteiger partial charge in [-0.1, -0.05) is 65.7 Å². The zero-order valence-corrected chi connectivity index (χ0v) is 25.1. The highest BCUT2D eigenvalue weighted by Gasteiger charge is 2.39. The molecule has 2 heterocycles. The summed E-state index contributed by atoms with van der Waals surface area (Å²) in [6, 6.07) is 22.0. The van der Waals surface area contributed by atoms with Crippen LogP contribution in [0.5, 0.6) is 0 Å². The Morgan fingerprint density at radius 1 is 0.659 bits per heavy atom. The fraction of sp³-hybridized carbons (Fsp3) is 0.207. The van der Waals surface area contributed by atoms with Gasteiger partial charge in [0.05, 0.1) is 15.7 Å². The van der Waals surface area contributed by atoms with E-state index in [-0.39, 0.29) is 25.5 Å². The van der Waals surface area contributed by atoms with E-state index >= 15 is 0 Å². The van der Waals surface area contributed by atoms with Crippen molar-refractivity contribution in [2.75, 3.05) is 29.9 Å². The molecule has 0 atom stereocenters. The van der Waals surface area contributed by atoms with Gasteiger partial charge in [0.1, 0.15) is 9.79 Å². The molecule has 1 aliphatic heterocycles. The van der Waals surface area contributed by atoms with E-state index in [2.05, 4.69) is 20.9 Å². The van der Waals surface area contributed by atoms with Gasteiger partial charge in [0.15, 0.2) is 0 Å². The Bertz CT molecular complexity index is 1660. The van der Waals surface area contributed by atoms with E-state index in [0.717, 1.165) is 43.9 Å². The van der Waals surface area contributed by atoms with Crippen molar-refractivity contribution in [3.8, 4) is 0 Å². The van der Waals surface area contributed by atoms with Gasteiger partial charge in [0.25, 0.3) is 20.0 Å². The molecule has 3 aromatic carbocycles. The molecule has 1 saturated heterocycles. The normalized spacial score (nSPS) is 15.1. The van der Waals surface area contributed by atoms with E-state index in [0.29, 0.717) is 10.3 Å². The van der Waals surface area contributed by atoms with Gasteiger partial charge >= 0.3 is 0 Å². The van der Waals surface area contributed by atoms with Crippen molar-refractivity contribution in [2.24, 2.45) is 0 Å². The van der Waals surface area contributed by atoms with E-state index in [1.807, 2.05) is 18.3 Å². The van der Waals surface area contributed by atoms with Crippen LogP contribution in [0.2, 0.25) is 10.0 Å². The molecule has 8 nitrogen and oxygen atoms in total. The van der Waals surface area contributed by atoms with Crippen molar-refractivity contribution in [3.05, 3.63) is 118 Å². The number of sulfonamides is 2. The van der Waals surface area contributed by atoms with Crippen molar-refractivity contribution in [2.45, 2.75) is 22.9 Å². The van der Waals surface area contributed by atoms with Crippen LogP contribution in [0.3, 0.4) is 0 Å². The van der Waals surface area contributed by atoms with E-state index < -0.39 is 20.0 Å². The van der Waals surface area contributed by atoms with Crippen LogP contribution in [0.4, 0.5) is 5.69 Å². The molecule has 12 heteroatoms. The van der Waals surface area contributed by atoms with Crippen LogP contribution >= 0.6 is 23.2 Å². The van der Waals surface area contributed by atoms with Gasteiger partial charge in [-0.25, -0.2) is 0 Å². The first-order valence-electron chi connectivity index (χ1n) is 12.9. The minimum Gasteiger partial charge on any atom is -0.297 e. The molecule has 4 aromatic rings. The lowest BCUT2D eigenvalue weighted by Gasteiger charge is -2.34. The topological polar surface area (TPSA) is 90.9 Å². The van der Waals surface area contributed by atoms with Gasteiger partial charge in [-0.2, -0.15) is 20.5 Å². The molecule has 41 heavy (non-hydrogen) atoms. The maximum atomic E-state index is 14.0. The van der Waals surface area contributed by atoms with Crippen LogP contribution in [-0.4, -0.2) is 57.8 Å². The van der Waals surface area contributed by atoms with Crippen molar-refractivity contribution >= 4 is 48.9 Å². The number of pyridine rings is 1. The highest BCUT2D eigenvalue weighted by atomic mass is 35.5. The van der Waals surface area contributed by atoms with Gasteiger partial charge in [0, 0.05) is 51.7 Å². The molecule has 0 aliphatic carbocycles. The van der Waals surface area contributed by atoms with Crippen LogP contribution in [0.1, 0.15) is 11.1 Å². The second-order valence-corrected chi connectivity index (χ2v) is 14.2. The zero-order valence-electron chi connectivity index (χ0n) is 22.0. The number of halogens is 2. The third kappa shape index (κ3) is 6.58. The quantitative estimate of drug-likeness (QED) is 0.248. The molecule has 0 bridgehead atoms. The number of piperazine rings is 1. The molecule has 1 aliphatic rings. The van der Waals surface area contributed by atoms with Crippen LogP contribution in [0.15, 0.2) is 107 Å². The number of hydrogen-bond donors (Lipinski definition) is 0. The van der Waals surface area contributed by atoms with Crippen molar-refractivity contribution < 1.29 is 16.8 Å². The van der Waals surface area contributed by atoms with E-state index in [1.165, 1.54) is 42.5 Å². The minimum absolute atomic E-state index is 0.0300. The smallest absolute Gasteiger partial charge is 0.279 e. The average molecular weight is 632 g/mol. The first-order valence-corrected chi connectivity index (χ1v) is 16.5. The summed E-state index contributed by atoms with van der Waals surface area (Å²) in [5.41, 5.74) is 1.91. The number of anilines is 1. The second-order valence-electron chi connectivity index (χ2n) is 9.65. The summed E-state index contributed by atoms with van der Waals surface area (Å²) in [4.78, 5) is 8.15. The standard InChI is InChI=1S/C29H28Cl2N4O4S2/c30-26-10-1-3-12-28(26)40(36,37)35(41(38,39)29-13-4-2-11-27(29)31)25-9-5-7-23(19-25)21-33-15-17-34(18-16-33)22-24-8-6-14-32-20-24/h1-14,19-20H,15-18,21-22H2. The Morgan fingerprint density at radius 2 is 1.17 bits per heavy atom. The average Bonchev–Trinajstić information content (AvgIpc) is 2.95. The molecule has 0 amide bonds. The molecule has 0 radical (unpaired) electrons. The molecular weight excluding hydrogens is 603 g/mol. The predicted octanol–water partition coefficient (Wildman–Crippen LogP) is 5.29. The number of hydrogen-bond acceptors (Lipinski definition) is 7. The molecule has 1 fully saturated rings. The lowest BCUT2D eigenvalue weighted by molar-refractivity contribution is 0.122. The van der Waals surface area contributed by atoms with Crippen molar-refractivity contribution in [3.63, 3.8) is 0 Å². The number of aromatic nitrogens is 1. The Labute approximate surface area is 250 Å². The van der Waals surface area contributed by atoms with Crippen LogP contribution in [-0.2, 0) is 33.1 Å². The lowest BCUT2D eigenvalue weighted by Crippen LogP contribution is -2.45. The predicted molar refractivity (Wildman–Crippen MR) is 161 cm³/mol. The van der Waals surface area contributed by atoms with Crippen molar-refractivity contribution in [1.29, 1.82) is 0 Å². The van der Waals surface area contributed by atoms with Crippen molar-refractivity contribution in [1.82, 2.24) is 14.8 Å². The maximum Gasteiger partial charge on any atom is 0.279 e. The summed E-state index contributed by atoms with van der Waals surface area (Å²) in [6.45, 7) is 4.70. The Kier molecular flexibility index (Phi) is 8.98. The van der Waals surface area contributed by atoms with Crippen LogP contribution in [0.25, 0.3) is 0 Å². The van der Waals surface area contributed by atoms with Crippen LogP contribution < -0.4 is 3.71 Å². The molecule has 5 rings (SSSR count). The molecule has 1 aromatic heterocycles. The largest absolute Gasteiger partial charge is 0.297 e. The SMILES string of the molecule is O=S(=O)(c1ccccc1Cl)N(c1cccc(CN2CCN(Cc3cccnc3)CC2)c1)S(=O)(=O)c1ccccc1Cl. The number of nitrogens with zero attached hydrogens (tertiary/aromatic N) is 4. The summed E-state index contributed by atoms with van der Waals surface area (Å²) < 4.78 is 56.3. The molecule has 0 spiro atoms. The Morgan fingerprint density at radius 3 is 1.68 bits per heavy atom. The molecule has 0 saturated carbocycles. The molecule has 0 N–H and O–H groups in total. The molecule has 214 valence electrons. The lowest BCUT2D eigenvalue weighted by atomic mass is 10.1.